The third-order valence-corrected chi connectivity index (χ3v) is 22.5. The van der Waals surface area contributed by atoms with Crippen LogP contribution in [-0.4, -0.2) is 223 Å². The highest BCUT2D eigenvalue weighted by Crippen LogP contribution is 2.49. The van der Waals surface area contributed by atoms with E-state index in [2.05, 4.69) is 55.8 Å². The molecule has 0 aromatic carbocycles. The predicted octanol–water partition coefficient (Wildman–Crippen LogP) is 10.1. The van der Waals surface area contributed by atoms with E-state index in [9.17, 15) is 54.3 Å². The zero-order valence-corrected chi connectivity index (χ0v) is 70.8. The van der Waals surface area contributed by atoms with Crippen LogP contribution in [0.3, 0.4) is 0 Å². The van der Waals surface area contributed by atoms with Crippen LogP contribution in [-0.2, 0) is 71.4 Å². The first-order valence-corrected chi connectivity index (χ1v) is 41.6. The van der Waals surface area contributed by atoms with Gasteiger partial charge in [0.05, 0.1) is 99.9 Å². The second-order valence-electron chi connectivity index (χ2n) is 34.6. The highest BCUT2D eigenvalue weighted by molar-refractivity contribution is 5.88. The van der Waals surface area contributed by atoms with Crippen LogP contribution in [0.15, 0.2) is 108 Å². The molecule has 26 heteroatoms. The minimum Gasteiger partial charge on any atom is -0.481 e. The Morgan fingerprint density at radius 3 is 1.12 bits per heavy atom. The van der Waals surface area contributed by atoms with Gasteiger partial charge < -0.3 is 100 Å². The molecule has 9 fully saturated rings. The number of carboxylic acid groups (broad SMARTS) is 2. The number of amides is 3. The fourth-order valence-electron chi connectivity index (χ4n) is 15.2. The van der Waals surface area contributed by atoms with E-state index in [4.69, 9.17) is 58.6 Å². The van der Waals surface area contributed by atoms with Gasteiger partial charge in [0.1, 0.15) is 59.2 Å². The van der Waals surface area contributed by atoms with Crippen molar-refractivity contribution in [2.24, 2.45) is 41.2 Å². The fraction of sp³-hybridized carbons (Fsp3) is 0.727. The Bertz CT molecular complexity index is 3400. The van der Waals surface area contributed by atoms with E-state index in [-0.39, 0.29) is 128 Å². The van der Waals surface area contributed by atoms with E-state index in [1.807, 2.05) is 126 Å². The molecule has 0 aliphatic carbocycles. The molecule has 2 unspecified atom stereocenters. The summed E-state index contributed by atoms with van der Waals surface area (Å²) in [5, 5.41) is 81.3. The molecule has 0 radical (unpaired) electrons. The van der Waals surface area contributed by atoms with Gasteiger partial charge in [-0.15, -0.1) is 0 Å². The molecule has 9 rings (SSSR count). The lowest BCUT2D eigenvalue weighted by Crippen LogP contribution is -2.56. The third kappa shape index (κ3) is 31.1. The molecule has 114 heavy (non-hydrogen) atoms. The topological polar surface area (TPSA) is 399 Å². The van der Waals surface area contributed by atoms with Crippen molar-refractivity contribution in [1.82, 2.24) is 16.0 Å². The number of rotatable bonds is 31. The summed E-state index contributed by atoms with van der Waals surface area (Å²) in [6, 6.07) is -0.0896. The molecule has 644 valence electrons. The minimum atomic E-state index is -1.90. The van der Waals surface area contributed by atoms with E-state index in [0.29, 0.717) is 56.7 Å². The van der Waals surface area contributed by atoms with E-state index < -0.39 is 89.5 Å². The number of Topliss-reactive ketones (excluding diaryl/α,β-unsaturated/α-hetero) is 1. The molecular formula is C88H140N4O22. The van der Waals surface area contributed by atoms with Crippen molar-refractivity contribution in [2.75, 3.05) is 26.4 Å². The summed E-state index contributed by atoms with van der Waals surface area (Å²) in [6.45, 7) is 36.3. The lowest BCUT2D eigenvalue weighted by Gasteiger charge is -2.42. The van der Waals surface area contributed by atoms with Crippen LogP contribution >= 0.6 is 0 Å². The molecular weight excluding hydrogens is 1460 g/mol. The maximum Gasteiger partial charge on any atom is 0.308 e. The standard InChI is InChI=1S/C31H49NO7.C27H41NO8.C27H41NO7.C3H9N/c1-7-8-9-24(33)17-31(36)18-30(19-37-30)29(35)27(39-31)14-12-21(4)11-13-26-22(5)16-25(23(6)38-26)32-28(34)15-10-20(2)3;1-16(2)6-11-23(29)28-20-12-18(4)21(35-19(20)5)9-7-17(3)8-10-22-25(32)26(15-34-26)14-27(33,36-22)13-24(30)31;1-16(2)6-11-24(29)28-21-12-18(4)22(34-19(21)5)9-7-17(3)8-10-23-26(32)27(15-33-27)14-20(35-23)13-25(30)31;1-2-3-4/h10-12,14-15,20,22-23,25-27,29,35-36H,7-9,13,16-19H2,1-6H3,(H,32,34);6-8,10-11,16,18-22,25,32-33H,9,12-15H2,1-5H3,(H,28,29)(H,30,31);6-8,10-11,16,18-23,26,32H,9,12-15H2,1-5H3,(H,28,29)(H,30,31);2-4H2,1H3/b14-12+,15-10-,21-11+;2*10-8+,11-6-,17-7+;/t22-,23+,25+,26-,27+,29+,30+,31?;18-,19+,20+,21-,22+,25+,26+,27?;18-,19+,20+,21+,22-,23+,26+,27+;/m000./s1. The molecule has 12 N–H and O–H groups in total. The van der Waals surface area contributed by atoms with Crippen molar-refractivity contribution < 1.29 is 107 Å². The van der Waals surface area contributed by atoms with Crippen LogP contribution in [0.4, 0.5) is 0 Å². The lowest BCUT2D eigenvalue weighted by atomic mass is 9.84. The SMILES string of the molecule is CC(/C=C/[C@H]1OC(O)(CC(=O)O)C[C@@]2(CO2)[C@@H]1O)=C\C[C@@H]1O[C@H](C)[C@H](NC(=O)/C=C\C(C)C)C[C@@H]1C.CC(/C=C/[C@H]1O[C@H](CC(=O)O)C[C@@]2(CO2)[C@@H]1O)=C\C[C@@H]1O[C@H](C)[C@H](NC(=O)/C=C\C(C)C)C[C@@H]1C.CCCCC(=O)CC1(O)C[C@@]2(CO2)[C@H](O)[C@@H](/C=C/C(C)=C/C[C@@H]2O[C@H](C)[C@H](NC(=O)/C=C\C(C)C)C[C@@H]2C)O1.CCCN. The van der Waals surface area contributed by atoms with Gasteiger partial charge in [0.2, 0.25) is 17.7 Å². The van der Waals surface area contributed by atoms with E-state index in [0.717, 1.165) is 68.2 Å². The molecule has 3 spiro atoms. The summed E-state index contributed by atoms with van der Waals surface area (Å²) in [5.41, 5.74) is 5.42. The van der Waals surface area contributed by atoms with Gasteiger partial charge >= 0.3 is 11.9 Å². The smallest absolute Gasteiger partial charge is 0.308 e. The number of aliphatic hydroxyl groups is 5. The van der Waals surface area contributed by atoms with Gasteiger partial charge in [0.25, 0.3) is 0 Å². The lowest BCUT2D eigenvalue weighted by molar-refractivity contribution is -0.284. The van der Waals surface area contributed by atoms with Crippen molar-refractivity contribution >= 4 is 35.4 Å². The van der Waals surface area contributed by atoms with Crippen molar-refractivity contribution in [3.8, 4) is 0 Å². The Balaban J connectivity index is 0.000000260. The largest absolute Gasteiger partial charge is 0.481 e. The molecule has 9 aliphatic heterocycles. The first-order chi connectivity index (χ1) is 53.6. The van der Waals surface area contributed by atoms with E-state index in [1.165, 1.54) is 0 Å². The van der Waals surface area contributed by atoms with Gasteiger partial charge in [-0.25, -0.2) is 0 Å². The summed E-state index contributed by atoms with van der Waals surface area (Å²) in [4.78, 5) is 71.2. The van der Waals surface area contributed by atoms with Crippen molar-refractivity contribution in [2.45, 2.75) is 346 Å². The average molecular weight is 1610 g/mol. The first-order valence-electron chi connectivity index (χ1n) is 41.6. The number of hydrogen-bond acceptors (Lipinski definition) is 21. The number of nitrogens with two attached hydrogens (primary N) is 1. The number of nitrogens with one attached hydrogen (secondary N) is 3. The van der Waals surface area contributed by atoms with Gasteiger partial charge in [-0.2, -0.15) is 0 Å². The Hall–Kier alpha value is -5.92. The van der Waals surface area contributed by atoms with Gasteiger partial charge in [-0.3, -0.25) is 28.8 Å². The number of carbonyl (C=O) groups is 6. The number of epoxide rings is 3. The average Bonchev–Trinajstić information content (AvgIpc) is 1.52. The zero-order valence-electron chi connectivity index (χ0n) is 70.8. The van der Waals surface area contributed by atoms with Crippen molar-refractivity contribution in [3.63, 3.8) is 0 Å². The van der Waals surface area contributed by atoms with Crippen molar-refractivity contribution in [3.05, 3.63) is 108 Å². The number of unbranched alkanes of at least 4 members (excludes halogenated alkanes) is 1. The van der Waals surface area contributed by atoms with Gasteiger partial charge in [0, 0.05) is 25.7 Å². The first kappa shape index (κ1) is 96.9. The number of allylic oxidation sites excluding steroid dienone is 9. The molecule has 3 amide bonds. The summed E-state index contributed by atoms with van der Waals surface area (Å²) in [7, 11) is 0. The number of ketones is 1. The van der Waals surface area contributed by atoms with E-state index >= 15 is 0 Å². The Kier molecular flexibility index (Phi) is 38.0. The number of carbonyl (C=O) groups excluding carboxylic acids is 4. The highest BCUT2D eigenvalue weighted by atomic mass is 16.7. The Labute approximate surface area is 677 Å². The summed E-state index contributed by atoms with van der Waals surface area (Å²) in [5.74, 6) is -4.21. The minimum absolute atomic E-state index is 0.00280. The normalized spacial score (nSPS) is 37.0. The number of ether oxygens (including phenoxy) is 9. The van der Waals surface area contributed by atoms with Crippen LogP contribution < -0.4 is 21.7 Å². The number of hydrogen-bond donors (Lipinski definition) is 11. The molecule has 24 atom stereocenters. The van der Waals surface area contributed by atoms with Crippen LogP contribution in [0.1, 0.15) is 220 Å². The van der Waals surface area contributed by atoms with Crippen molar-refractivity contribution in [1.29, 1.82) is 0 Å². The predicted molar refractivity (Wildman–Crippen MR) is 434 cm³/mol. The summed E-state index contributed by atoms with van der Waals surface area (Å²) in [6.07, 6.45) is 29.1. The zero-order chi connectivity index (χ0) is 84.6. The Morgan fingerprint density at radius 1 is 0.482 bits per heavy atom. The molecule has 26 nitrogen and oxygen atoms in total. The second-order valence-corrected chi connectivity index (χ2v) is 34.6. The molecule has 0 aromatic rings. The monoisotopic (exact) mass is 1600 g/mol. The molecule has 9 aliphatic rings. The Morgan fingerprint density at radius 2 is 0.816 bits per heavy atom. The quantitative estimate of drug-likeness (QED) is 0.0174. The van der Waals surface area contributed by atoms with Crippen LogP contribution in [0, 0.1) is 35.5 Å². The number of aliphatic carboxylic acids is 2. The fourth-order valence-corrected chi connectivity index (χ4v) is 15.2. The molecule has 0 saturated carbocycles. The highest BCUT2D eigenvalue weighted by Gasteiger charge is 2.64. The third-order valence-electron chi connectivity index (χ3n) is 22.5. The number of carboxylic acids is 2. The van der Waals surface area contributed by atoms with Crippen LogP contribution in [0.5, 0.6) is 0 Å². The summed E-state index contributed by atoms with van der Waals surface area (Å²) >= 11 is 0. The molecule has 9 heterocycles. The molecule has 9 saturated heterocycles. The van der Waals surface area contributed by atoms with Crippen LogP contribution in [0.25, 0.3) is 0 Å². The summed E-state index contributed by atoms with van der Waals surface area (Å²) < 4.78 is 52.5. The second kappa shape index (κ2) is 44.8. The van der Waals surface area contributed by atoms with E-state index in [1.54, 1.807) is 42.5 Å². The maximum atomic E-state index is 12.4. The maximum absolute atomic E-state index is 12.4. The van der Waals surface area contributed by atoms with Gasteiger partial charge in [-0.05, 0) is 153 Å². The molecule has 0 bridgehead atoms. The van der Waals surface area contributed by atoms with Crippen LogP contribution in [0.2, 0.25) is 0 Å². The number of aliphatic hydroxyl groups excluding tert-OH is 3. The van der Waals surface area contributed by atoms with Gasteiger partial charge in [0.15, 0.2) is 11.6 Å². The van der Waals surface area contributed by atoms with Gasteiger partial charge in [-0.1, -0.05) is 172 Å². The molecule has 0 aromatic heterocycles.